The van der Waals surface area contributed by atoms with Crippen molar-refractivity contribution in [1.82, 2.24) is 10.2 Å². The minimum atomic E-state index is 0.365. The van der Waals surface area contributed by atoms with E-state index >= 15 is 0 Å². The maximum Gasteiger partial charge on any atom is 0.120 e. The molecule has 0 amide bonds. The van der Waals surface area contributed by atoms with E-state index in [-0.39, 0.29) is 0 Å². The second-order valence-electron chi connectivity index (χ2n) is 4.17. The third kappa shape index (κ3) is 3.50. The Hall–Kier alpha value is -0.520. The molecule has 1 aliphatic rings. The lowest BCUT2D eigenvalue weighted by Gasteiger charge is -2.21. The largest absolute Gasteiger partial charge is 0.378 e. The molecule has 2 heterocycles. The van der Waals surface area contributed by atoms with Crippen molar-refractivity contribution in [3.8, 4) is 0 Å². The standard InChI is InChI=1S/C11H19N3OS/c12-6-3-5-10-13-14-11(16-10)8-9-4-1-2-7-15-9/h9H,1-8,12H2. The second-order valence-corrected chi connectivity index (χ2v) is 5.32. The zero-order valence-electron chi connectivity index (χ0n) is 9.52. The summed E-state index contributed by atoms with van der Waals surface area (Å²) in [4.78, 5) is 0. The molecule has 1 unspecified atom stereocenters. The number of nitrogens with zero attached hydrogens (tertiary/aromatic N) is 2. The average molecular weight is 241 g/mol. The lowest BCUT2D eigenvalue weighted by molar-refractivity contribution is 0.0167. The molecule has 2 N–H and O–H groups in total. The minimum absolute atomic E-state index is 0.365. The summed E-state index contributed by atoms with van der Waals surface area (Å²) in [6, 6.07) is 0. The maximum absolute atomic E-state index is 5.69. The highest BCUT2D eigenvalue weighted by atomic mass is 32.1. The zero-order valence-corrected chi connectivity index (χ0v) is 10.3. The first kappa shape index (κ1) is 12.0. The van der Waals surface area contributed by atoms with E-state index in [2.05, 4.69) is 10.2 Å². The van der Waals surface area contributed by atoms with Gasteiger partial charge in [0.05, 0.1) is 6.10 Å². The van der Waals surface area contributed by atoms with Gasteiger partial charge in [0.1, 0.15) is 10.0 Å². The van der Waals surface area contributed by atoms with Crippen LogP contribution < -0.4 is 5.73 Å². The van der Waals surface area contributed by atoms with E-state index in [4.69, 9.17) is 10.5 Å². The number of rotatable bonds is 5. The summed E-state index contributed by atoms with van der Waals surface area (Å²) < 4.78 is 5.69. The molecule has 4 nitrogen and oxygen atoms in total. The molecule has 16 heavy (non-hydrogen) atoms. The molecule has 0 spiro atoms. The van der Waals surface area contributed by atoms with Gasteiger partial charge in [-0.3, -0.25) is 0 Å². The first-order valence-electron chi connectivity index (χ1n) is 6.01. The molecule has 0 aliphatic carbocycles. The minimum Gasteiger partial charge on any atom is -0.378 e. The molecule has 1 saturated heterocycles. The van der Waals surface area contributed by atoms with E-state index in [0.717, 1.165) is 48.9 Å². The van der Waals surface area contributed by atoms with Crippen LogP contribution in [0.3, 0.4) is 0 Å². The van der Waals surface area contributed by atoms with Crippen LogP contribution in [0.4, 0.5) is 0 Å². The summed E-state index contributed by atoms with van der Waals surface area (Å²) in [7, 11) is 0. The molecule has 0 aromatic carbocycles. The second kappa shape index (κ2) is 6.27. The van der Waals surface area contributed by atoms with Crippen molar-refractivity contribution < 1.29 is 4.74 Å². The van der Waals surface area contributed by atoms with Gasteiger partial charge in [-0.15, -0.1) is 21.5 Å². The Bertz CT molecular complexity index is 310. The Morgan fingerprint density at radius 2 is 2.19 bits per heavy atom. The third-order valence-corrected chi connectivity index (χ3v) is 3.79. The number of ether oxygens (including phenoxy) is 1. The van der Waals surface area contributed by atoms with E-state index in [0.29, 0.717) is 6.10 Å². The van der Waals surface area contributed by atoms with Gasteiger partial charge in [0.25, 0.3) is 0 Å². The smallest absolute Gasteiger partial charge is 0.120 e. The van der Waals surface area contributed by atoms with Gasteiger partial charge in [-0.05, 0) is 32.2 Å². The summed E-state index contributed by atoms with van der Waals surface area (Å²) in [5.41, 5.74) is 5.47. The van der Waals surface area contributed by atoms with Crippen molar-refractivity contribution in [3.05, 3.63) is 10.0 Å². The normalized spacial score (nSPS) is 21.2. The SMILES string of the molecule is NCCCc1nnc(CC2CCCCO2)s1. The van der Waals surface area contributed by atoms with Crippen molar-refractivity contribution in [2.24, 2.45) is 5.73 Å². The summed E-state index contributed by atoms with van der Waals surface area (Å²) >= 11 is 1.71. The van der Waals surface area contributed by atoms with Crippen LogP contribution in [0.25, 0.3) is 0 Å². The van der Waals surface area contributed by atoms with Gasteiger partial charge < -0.3 is 10.5 Å². The van der Waals surface area contributed by atoms with Gasteiger partial charge in [-0.25, -0.2) is 0 Å². The predicted octanol–water partition coefficient (Wildman–Crippen LogP) is 1.54. The molecule has 1 fully saturated rings. The molecule has 1 atom stereocenters. The van der Waals surface area contributed by atoms with E-state index in [1.807, 2.05) is 0 Å². The fourth-order valence-corrected chi connectivity index (χ4v) is 2.84. The van der Waals surface area contributed by atoms with Gasteiger partial charge in [-0.2, -0.15) is 0 Å². The molecule has 1 aliphatic heterocycles. The van der Waals surface area contributed by atoms with Crippen molar-refractivity contribution in [2.45, 2.75) is 44.6 Å². The quantitative estimate of drug-likeness (QED) is 0.849. The average Bonchev–Trinajstić information content (AvgIpc) is 2.75. The van der Waals surface area contributed by atoms with Gasteiger partial charge >= 0.3 is 0 Å². The Morgan fingerprint density at radius 1 is 1.31 bits per heavy atom. The maximum atomic E-state index is 5.69. The fourth-order valence-electron chi connectivity index (χ4n) is 1.89. The summed E-state index contributed by atoms with van der Waals surface area (Å²) in [6.07, 6.45) is 6.90. The Morgan fingerprint density at radius 3 is 2.94 bits per heavy atom. The topological polar surface area (TPSA) is 61.0 Å². The van der Waals surface area contributed by atoms with Crippen LogP contribution in [-0.4, -0.2) is 29.5 Å². The molecular weight excluding hydrogens is 222 g/mol. The van der Waals surface area contributed by atoms with Crippen molar-refractivity contribution in [3.63, 3.8) is 0 Å². The molecule has 2 rings (SSSR count). The summed E-state index contributed by atoms with van der Waals surface area (Å²) in [6.45, 7) is 1.63. The van der Waals surface area contributed by atoms with Crippen LogP contribution in [0, 0.1) is 0 Å². The Kier molecular flexibility index (Phi) is 4.69. The van der Waals surface area contributed by atoms with Gasteiger partial charge in [0.2, 0.25) is 0 Å². The van der Waals surface area contributed by atoms with Crippen LogP contribution in [0.1, 0.15) is 35.7 Å². The molecule has 1 aromatic rings. The van der Waals surface area contributed by atoms with E-state index in [9.17, 15) is 0 Å². The first-order chi connectivity index (χ1) is 7.88. The molecule has 0 saturated carbocycles. The number of aryl methyl sites for hydroxylation is 1. The molecule has 5 heteroatoms. The van der Waals surface area contributed by atoms with Crippen LogP contribution in [0.2, 0.25) is 0 Å². The van der Waals surface area contributed by atoms with Crippen LogP contribution in [0.5, 0.6) is 0 Å². The van der Waals surface area contributed by atoms with Gasteiger partial charge in [0.15, 0.2) is 0 Å². The highest BCUT2D eigenvalue weighted by Gasteiger charge is 2.16. The zero-order chi connectivity index (χ0) is 11.2. The van der Waals surface area contributed by atoms with E-state index in [1.165, 1.54) is 12.8 Å². The van der Waals surface area contributed by atoms with Gasteiger partial charge in [0, 0.05) is 19.4 Å². The van der Waals surface area contributed by atoms with E-state index < -0.39 is 0 Å². The Balaban J connectivity index is 1.81. The number of hydrogen-bond donors (Lipinski definition) is 1. The first-order valence-corrected chi connectivity index (χ1v) is 6.83. The van der Waals surface area contributed by atoms with Crippen LogP contribution in [0.15, 0.2) is 0 Å². The van der Waals surface area contributed by atoms with Crippen molar-refractivity contribution in [1.29, 1.82) is 0 Å². The molecule has 0 bridgehead atoms. The highest BCUT2D eigenvalue weighted by molar-refractivity contribution is 7.11. The van der Waals surface area contributed by atoms with Crippen molar-refractivity contribution in [2.75, 3.05) is 13.2 Å². The molecule has 1 aromatic heterocycles. The monoisotopic (exact) mass is 241 g/mol. The van der Waals surface area contributed by atoms with Crippen LogP contribution in [-0.2, 0) is 17.6 Å². The van der Waals surface area contributed by atoms with Crippen molar-refractivity contribution >= 4 is 11.3 Å². The summed E-state index contributed by atoms with van der Waals surface area (Å²) in [5.74, 6) is 0. The van der Waals surface area contributed by atoms with E-state index in [1.54, 1.807) is 11.3 Å². The Labute approximate surface area is 100 Å². The molecular formula is C11H19N3OS. The van der Waals surface area contributed by atoms with Gasteiger partial charge in [-0.1, -0.05) is 0 Å². The lowest BCUT2D eigenvalue weighted by atomic mass is 10.1. The number of nitrogens with two attached hydrogens (primary N) is 1. The lowest BCUT2D eigenvalue weighted by Crippen LogP contribution is -2.21. The highest BCUT2D eigenvalue weighted by Crippen LogP contribution is 2.19. The molecule has 0 radical (unpaired) electrons. The van der Waals surface area contributed by atoms with Crippen LogP contribution >= 0.6 is 11.3 Å². The predicted molar refractivity (Wildman–Crippen MR) is 64.6 cm³/mol. The number of aromatic nitrogens is 2. The fraction of sp³-hybridized carbons (Fsp3) is 0.818. The number of hydrogen-bond acceptors (Lipinski definition) is 5. The third-order valence-electron chi connectivity index (χ3n) is 2.78. The molecule has 90 valence electrons. The summed E-state index contributed by atoms with van der Waals surface area (Å²) in [5, 5.41) is 10.6.